The van der Waals surface area contributed by atoms with Crippen molar-refractivity contribution in [1.82, 2.24) is 4.90 Å². The number of methoxy groups -OCH3 is 1. The number of fused-ring (bicyclic) bond motifs is 1. The second-order valence-corrected chi connectivity index (χ2v) is 9.32. The van der Waals surface area contributed by atoms with E-state index in [1.807, 2.05) is 78.9 Å². The summed E-state index contributed by atoms with van der Waals surface area (Å²) in [7, 11) is 1.60. The second-order valence-electron chi connectivity index (χ2n) is 8.38. The van der Waals surface area contributed by atoms with Gasteiger partial charge in [-0.15, -0.1) is 0 Å². The molecule has 2 aliphatic rings. The zero-order valence-electron chi connectivity index (χ0n) is 19.4. The minimum Gasteiger partial charge on any atom is -0.493 e. The molecule has 1 atom stereocenters. The molecule has 2 aliphatic heterocycles. The Bertz CT molecular complexity index is 1290. The molecule has 0 saturated carbocycles. The van der Waals surface area contributed by atoms with Crippen molar-refractivity contribution < 1.29 is 14.3 Å². The molecule has 1 saturated heterocycles. The maximum Gasteiger partial charge on any atom is 0.229 e. The fourth-order valence-corrected chi connectivity index (χ4v) is 5.57. The van der Waals surface area contributed by atoms with E-state index >= 15 is 0 Å². The lowest BCUT2D eigenvalue weighted by molar-refractivity contribution is -0.129. The average Bonchev–Trinajstić information content (AvgIpc) is 2.92. The van der Waals surface area contributed by atoms with E-state index < -0.39 is 0 Å². The summed E-state index contributed by atoms with van der Waals surface area (Å²) >= 11 is 1.54. The highest BCUT2D eigenvalue weighted by atomic mass is 32.2. The van der Waals surface area contributed by atoms with Gasteiger partial charge in [0.25, 0.3) is 0 Å². The Morgan fingerprint density at radius 1 is 1.03 bits per heavy atom. The molecule has 0 radical (unpaired) electrons. The molecule has 1 fully saturated rings. The molecule has 6 nitrogen and oxygen atoms in total. The first-order valence-corrected chi connectivity index (χ1v) is 12.4. The van der Waals surface area contributed by atoms with Gasteiger partial charge in [0, 0.05) is 18.0 Å². The Hall–Kier alpha value is -3.89. The van der Waals surface area contributed by atoms with E-state index in [-0.39, 0.29) is 18.2 Å². The van der Waals surface area contributed by atoms with Gasteiger partial charge in [0.2, 0.25) is 5.91 Å². The van der Waals surface area contributed by atoms with Crippen molar-refractivity contribution in [3.05, 3.63) is 101 Å². The van der Waals surface area contributed by atoms with Crippen LogP contribution in [0.4, 0.5) is 5.69 Å². The first-order chi connectivity index (χ1) is 17.2. The summed E-state index contributed by atoms with van der Waals surface area (Å²) in [6.45, 7) is 0.869. The fraction of sp³-hybridized carbons (Fsp3) is 0.214. The normalized spacial score (nSPS) is 17.6. The van der Waals surface area contributed by atoms with Crippen molar-refractivity contribution >= 4 is 23.4 Å². The monoisotopic (exact) mass is 483 g/mol. The first kappa shape index (κ1) is 22.9. The summed E-state index contributed by atoms with van der Waals surface area (Å²) in [5, 5.41) is 10.8. The van der Waals surface area contributed by atoms with E-state index in [4.69, 9.17) is 9.47 Å². The van der Waals surface area contributed by atoms with Gasteiger partial charge < -0.3 is 14.4 Å². The molecule has 0 unspecified atom stereocenters. The number of rotatable bonds is 6. The van der Waals surface area contributed by atoms with Gasteiger partial charge in [-0.3, -0.25) is 9.69 Å². The van der Waals surface area contributed by atoms with E-state index in [1.54, 1.807) is 12.0 Å². The summed E-state index contributed by atoms with van der Waals surface area (Å²) in [5.41, 5.74) is 3.62. The Morgan fingerprint density at radius 2 is 1.77 bits per heavy atom. The number of thioether (sulfide) groups is 1. The summed E-state index contributed by atoms with van der Waals surface area (Å²) < 4.78 is 11.6. The molecule has 0 N–H and O–H groups in total. The lowest BCUT2D eigenvalue weighted by Crippen LogP contribution is -2.47. The van der Waals surface area contributed by atoms with E-state index in [9.17, 15) is 10.1 Å². The fourth-order valence-electron chi connectivity index (χ4n) is 4.40. The Kier molecular flexibility index (Phi) is 6.64. The van der Waals surface area contributed by atoms with Crippen LogP contribution in [0.1, 0.15) is 23.5 Å². The van der Waals surface area contributed by atoms with Crippen molar-refractivity contribution in [3.63, 3.8) is 0 Å². The largest absolute Gasteiger partial charge is 0.493 e. The van der Waals surface area contributed by atoms with E-state index in [1.165, 1.54) is 11.8 Å². The summed E-state index contributed by atoms with van der Waals surface area (Å²) in [5.74, 6) is 1.59. The molecule has 7 heteroatoms. The summed E-state index contributed by atoms with van der Waals surface area (Å²) in [6.07, 6.45) is 0.239. The predicted octanol–water partition coefficient (Wildman–Crippen LogP) is 5.49. The second kappa shape index (κ2) is 10.2. The Labute approximate surface area is 209 Å². The van der Waals surface area contributed by atoms with Crippen LogP contribution in [0, 0.1) is 11.3 Å². The third-order valence-electron chi connectivity index (χ3n) is 6.24. The van der Waals surface area contributed by atoms with E-state index in [0.717, 1.165) is 21.8 Å². The van der Waals surface area contributed by atoms with E-state index in [0.29, 0.717) is 36.2 Å². The number of hydrogen-bond donors (Lipinski definition) is 0. The molecule has 1 amide bonds. The number of allylic oxidation sites excluding steroid dienone is 1. The quantitative estimate of drug-likeness (QED) is 0.462. The SMILES string of the molecule is COc1cc([C@H]2CC(=O)N3CN(c4ccccc4)CSC3=C2C#N)ccc1OCc1ccccc1. The highest BCUT2D eigenvalue weighted by molar-refractivity contribution is 8.03. The molecular weight excluding hydrogens is 458 g/mol. The number of anilines is 1. The standard InChI is InChI=1S/C28H25N3O3S/c1-33-26-14-21(12-13-25(26)34-17-20-8-4-2-5-9-20)23-15-27(32)31-18-30(22-10-6-3-7-11-22)19-35-28(31)24(23)16-29/h2-14,23H,15,17-19H2,1H3/t23-/m1/s1. The highest BCUT2D eigenvalue weighted by Gasteiger charge is 2.38. The summed E-state index contributed by atoms with van der Waals surface area (Å²) in [6, 6.07) is 28.0. The van der Waals surface area contributed by atoms with Crippen LogP contribution >= 0.6 is 11.8 Å². The number of nitrogens with zero attached hydrogens (tertiary/aromatic N) is 3. The topological polar surface area (TPSA) is 65.8 Å². The van der Waals surface area contributed by atoms with Crippen LogP contribution in [-0.2, 0) is 11.4 Å². The molecule has 0 spiro atoms. The number of ether oxygens (including phenoxy) is 2. The van der Waals surface area contributed by atoms with Gasteiger partial charge in [-0.25, -0.2) is 0 Å². The number of carbonyl (C=O) groups excluding carboxylic acids is 1. The van der Waals surface area contributed by atoms with Crippen LogP contribution in [0.2, 0.25) is 0 Å². The van der Waals surface area contributed by atoms with Crippen LogP contribution in [0.25, 0.3) is 0 Å². The summed E-state index contributed by atoms with van der Waals surface area (Å²) in [4.78, 5) is 17.1. The van der Waals surface area contributed by atoms with Gasteiger partial charge in [0.05, 0.1) is 36.3 Å². The highest BCUT2D eigenvalue weighted by Crippen LogP contribution is 2.44. The molecule has 35 heavy (non-hydrogen) atoms. The number of amides is 1. The number of benzene rings is 3. The Balaban J connectivity index is 1.39. The molecule has 3 aromatic rings. The van der Waals surface area contributed by atoms with E-state index in [2.05, 4.69) is 11.0 Å². The molecule has 176 valence electrons. The van der Waals surface area contributed by atoms with Crippen LogP contribution in [0.15, 0.2) is 89.5 Å². The molecule has 0 aliphatic carbocycles. The first-order valence-electron chi connectivity index (χ1n) is 11.4. The van der Waals surface area contributed by atoms with Crippen molar-refractivity contribution in [1.29, 1.82) is 5.26 Å². The smallest absolute Gasteiger partial charge is 0.229 e. The van der Waals surface area contributed by atoms with Gasteiger partial charge in [-0.2, -0.15) is 5.26 Å². The third kappa shape index (κ3) is 4.71. The zero-order valence-corrected chi connectivity index (χ0v) is 20.2. The van der Waals surface area contributed by atoms with Crippen molar-refractivity contribution in [2.75, 3.05) is 24.6 Å². The average molecular weight is 484 g/mol. The van der Waals surface area contributed by atoms with Gasteiger partial charge in [0.15, 0.2) is 11.5 Å². The molecule has 0 bridgehead atoms. The van der Waals surface area contributed by atoms with Crippen LogP contribution in [0.5, 0.6) is 11.5 Å². The van der Waals surface area contributed by atoms with Gasteiger partial charge >= 0.3 is 0 Å². The van der Waals surface area contributed by atoms with Crippen LogP contribution in [-0.4, -0.2) is 30.5 Å². The van der Waals surface area contributed by atoms with Crippen LogP contribution in [0.3, 0.4) is 0 Å². The minimum absolute atomic E-state index is 0.0144. The molecule has 0 aromatic heterocycles. The van der Waals surface area contributed by atoms with Gasteiger partial charge in [0.1, 0.15) is 6.61 Å². The predicted molar refractivity (Wildman–Crippen MR) is 137 cm³/mol. The van der Waals surface area contributed by atoms with Crippen molar-refractivity contribution in [2.45, 2.75) is 18.9 Å². The number of carbonyl (C=O) groups is 1. The molecule has 2 heterocycles. The number of hydrogen-bond acceptors (Lipinski definition) is 6. The third-order valence-corrected chi connectivity index (χ3v) is 7.40. The zero-order chi connectivity index (χ0) is 24.2. The maximum absolute atomic E-state index is 13.2. The lowest BCUT2D eigenvalue weighted by Gasteiger charge is -2.42. The number of para-hydroxylation sites is 1. The lowest BCUT2D eigenvalue weighted by atomic mass is 9.86. The molecular formula is C28H25N3O3S. The van der Waals surface area contributed by atoms with Gasteiger partial charge in [-0.05, 0) is 35.4 Å². The van der Waals surface area contributed by atoms with Crippen LogP contribution < -0.4 is 14.4 Å². The minimum atomic E-state index is -0.313. The Morgan fingerprint density at radius 3 is 2.49 bits per heavy atom. The molecule has 3 aromatic carbocycles. The molecule has 5 rings (SSSR count). The maximum atomic E-state index is 13.2. The van der Waals surface area contributed by atoms with Gasteiger partial charge in [-0.1, -0.05) is 66.4 Å². The number of nitriles is 1. The van der Waals surface area contributed by atoms with Crippen molar-refractivity contribution in [2.24, 2.45) is 0 Å². The van der Waals surface area contributed by atoms with Crippen molar-refractivity contribution in [3.8, 4) is 17.6 Å².